The molecule has 140 valence electrons. The summed E-state index contributed by atoms with van der Waals surface area (Å²) in [5, 5.41) is 3.53. The van der Waals surface area contributed by atoms with Crippen molar-refractivity contribution in [3.05, 3.63) is 29.8 Å². The van der Waals surface area contributed by atoms with Crippen LogP contribution in [0.2, 0.25) is 0 Å². The third kappa shape index (κ3) is 5.61. The SMILES string of the molecule is CN=C(NCC1CCCN1CCOC)N(C)Cc1ccccc1OC. The van der Waals surface area contributed by atoms with Gasteiger partial charge < -0.3 is 19.7 Å². The van der Waals surface area contributed by atoms with Gasteiger partial charge in [0.25, 0.3) is 0 Å². The van der Waals surface area contributed by atoms with Gasteiger partial charge in [-0.1, -0.05) is 18.2 Å². The summed E-state index contributed by atoms with van der Waals surface area (Å²) >= 11 is 0. The van der Waals surface area contributed by atoms with Gasteiger partial charge in [-0.05, 0) is 25.5 Å². The van der Waals surface area contributed by atoms with Gasteiger partial charge in [0.05, 0.1) is 13.7 Å². The van der Waals surface area contributed by atoms with Crippen molar-refractivity contribution in [1.82, 2.24) is 15.1 Å². The van der Waals surface area contributed by atoms with Crippen molar-refractivity contribution < 1.29 is 9.47 Å². The molecular weight excluding hydrogens is 316 g/mol. The summed E-state index contributed by atoms with van der Waals surface area (Å²) in [5.41, 5.74) is 1.15. The van der Waals surface area contributed by atoms with Crippen molar-refractivity contribution >= 4 is 5.96 Å². The molecule has 0 spiro atoms. The van der Waals surface area contributed by atoms with E-state index in [0.717, 1.165) is 50.1 Å². The molecule has 1 aliphatic heterocycles. The number of benzene rings is 1. The number of hydrogen-bond acceptors (Lipinski definition) is 4. The molecule has 25 heavy (non-hydrogen) atoms. The van der Waals surface area contributed by atoms with E-state index < -0.39 is 0 Å². The first-order valence-electron chi connectivity index (χ1n) is 8.96. The van der Waals surface area contributed by atoms with Gasteiger partial charge in [-0.3, -0.25) is 9.89 Å². The van der Waals surface area contributed by atoms with Gasteiger partial charge in [0, 0.05) is 52.4 Å². The number of hydrogen-bond donors (Lipinski definition) is 1. The number of aliphatic imine (C=N–C) groups is 1. The van der Waals surface area contributed by atoms with E-state index in [1.54, 1.807) is 14.2 Å². The summed E-state index contributed by atoms with van der Waals surface area (Å²) in [5.74, 6) is 1.82. The lowest BCUT2D eigenvalue weighted by Crippen LogP contribution is -2.45. The zero-order valence-electron chi connectivity index (χ0n) is 16.0. The molecule has 1 aromatic carbocycles. The average molecular weight is 348 g/mol. The van der Waals surface area contributed by atoms with E-state index in [-0.39, 0.29) is 0 Å². The van der Waals surface area contributed by atoms with Crippen molar-refractivity contribution in [2.45, 2.75) is 25.4 Å². The summed E-state index contributed by atoms with van der Waals surface area (Å²) in [4.78, 5) is 9.07. The summed E-state index contributed by atoms with van der Waals surface area (Å²) < 4.78 is 10.7. The molecular formula is C19H32N4O2. The fourth-order valence-corrected chi connectivity index (χ4v) is 3.39. The van der Waals surface area contributed by atoms with Crippen LogP contribution in [-0.2, 0) is 11.3 Å². The van der Waals surface area contributed by atoms with E-state index >= 15 is 0 Å². The second-order valence-corrected chi connectivity index (χ2v) is 6.42. The Morgan fingerprint density at radius 3 is 2.88 bits per heavy atom. The molecule has 6 heteroatoms. The minimum absolute atomic E-state index is 0.548. The zero-order chi connectivity index (χ0) is 18.1. The highest BCUT2D eigenvalue weighted by Crippen LogP contribution is 2.19. The first kappa shape index (κ1) is 19.5. The van der Waals surface area contributed by atoms with Crippen LogP contribution in [0.3, 0.4) is 0 Å². The molecule has 2 rings (SSSR count). The number of ether oxygens (including phenoxy) is 2. The molecule has 1 aliphatic rings. The third-order valence-corrected chi connectivity index (χ3v) is 4.75. The lowest BCUT2D eigenvalue weighted by atomic mass is 10.2. The molecule has 0 bridgehead atoms. The van der Waals surface area contributed by atoms with Gasteiger partial charge in [-0.25, -0.2) is 0 Å². The van der Waals surface area contributed by atoms with E-state index in [9.17, 15) is 0 Å². The highest BCUT2D eigenvalue weighted by Gasteiger charge is 2.24. The number of nitrogens with one attached hydrogen (secondary N) is 1. The van der Waals surface area contributed by atoms with Crippen molar-refractivity contribution in [3.8, 4) is 5.75 Å². The van der Waals surface area contributed by atoms with E-state index in [4.69, 9.17) is 9.47 Å². The third-order valence-electron chi connectivity index (χ3n) is 4.75. The number of likely N-dealkylation sites (tertiary alicyclic amines) is 1. The number of para-hydroxylation sites is 1. The number of nitrogens with zero attached hydrogens (tertiary/aromatic N) is 3. The Bertz CT molecular complexity index is 550. The zero-order valence-corrected chi connectivity index (χ0v) is 16.0. The van der Waals surface area contributed by atoms with E-state index in [1.165, 1.54) is 12.8 Å². The van der Waals surface area contributed by atoms with Gasteiger partial charge in [-0.15, -0.1) is 0 Å². The topological polar surface area (TPSA) is 49.3 Å². The standard InChI is InChI=1S/C19H32N4O2/c1-20-19(21-14-17-9-7-11-23(17)12-13-24-3)22(2)15-16-8-5-6-10-18(16)25-4/h5-6,8,10,17H,7,9,11-15H2,1-4H3,(H,20,21). The van der Waals surface area contributed by atoms with Crippen LogP contribution < -0.4 is 10.1 Å². The Morgan fingerprint density at radius 1 is 1.36 bits per heavy atom. The molecule has 1 unspecified atom stereocenters. The Balaban J connectivity index is 1.89. The Labute approximate surface area is 151 Å². The molecule has 1 heterocycles. The maximum absolute atomic E-state index is 5.45. The molecule has 1 atom stereocenters. The van der Waals surface area contributed by atoms with Crippen molar-refractivity contribution in [1.29, 1.82) is 0 Å². The molecule has 0 radical (unpaired) electrons. The molecule has 0 aliphatic carbocycles. The fourth-order valence-electron chi connectivity index (χ4n) is 3.39. The van der Waals surface area contributed by atoms with Crippen LogP contribution in [0.25, 0.3) is 0 Å². The maximum atomic E-state index is 5.45. The average Bonchev–Trinajstić information content (AvgIpc) is 3.08. The van der Waals surface area contributed by atoms with Gasteiger partial charge in [0.1, 0.15) is 5.75 Å². The second kappa shape index (κ2) is 10.3. The number of methoxy groups -OCH3 is 2. The first-order chi connectivity index (χ1) is 12.2. The van der Waals surface area contributed by atoms with Crippen molar-refractivity contribution in [3.63, 3.8) is 0 Å². The highest BCUT2D eigenvalue weighted by atomic mass is 16.5. The first-order valence-corrected chi connectivity index (χ1v) is 8.96. The lowest BCUT2D eigenvalue weighted by molar-refractivity contribution is 0.141. The van der Waals surface area contributed by atoms with Crippen LogP contribution in [0.1, 0.15) is 18.4 Å². The largest absolute Gasteiger partial charge is 0.496 e. The van der Waals surface area contributed by atoms with E-state index in [2.05, 4.69) is 33.2 Å². The molecule has 6 nitrogen and oxygen atoms in total. The maximum Gasteiger partial charge on any atom is 0.193 e. The monoisotopic (exact) mass is 348 g/mol. The molecule has 0 amide bonds. The van der Waals surface area contributed by atoms with Gasteiger partial charge >= 0.3 is 0 Å². The van der Waals surface area contributed by atoms with Crippen LogP contribution in [0.15, 0.2) is 29.3 Å². The van der Waals surface area contributed by atoms with Crippen LogP contribution >= 0.6 is 0 Å². The summed E-state index contributed by atoms with van der Waals surface area (Å²) in [6, 6.07) is 8.65. The van der Waals surface area contributed by atoms with E-state index in [1.807, 2.05) is 25.2 Å². The Hall–Kier alpha value is -1.79. The van der Waals surface area contributed by atoms with Gasteiger partial charge in [0.2, 0.25) is 0 Å². The normalized spacial score (nSPS) is 18.4. The van der Waals surface area contributed by atoms with Crippen LogP contribution in [-0.4, -0.2) is 76.4 Å². The van der Waals surface area contributed by atoms with Crippen LogP contribution in [0.5, 0.6) is 5.75 Å². The van der Waals surface area contributed by atoms with E-state index in [0.29, 0.717) is 6.04 Å². The van der Waals surface area contributed by atoms with Crippen molar-refractivity contribution in [2.24, 2.45) is 4.99 Å². The summed E-state index contributed by atoms with van der Waals surface area (Å²) in [6.07, 6.45) is 2.48. The Kier molecular flexibility index (Phi) is 8.01. The summed E-state index contributed by atoms with van der Waals surface area (Å²) in [6.45, 7) is 4.61. The van der Waals surface area contributed by atoms with Gasteiger partial charge in [-0.2, -0.15) is 0 Å². The second-order valence-electron chi connectivity index (χ2n) is 6.42. The predicted octanol–water partition coefficient (Wildman–Crippen LogP) is 1.81. The fraction of sp³-hybridized carbons (Fsp3) is 0.632. The molecule has 0 aromatic heterocycles. The van der Waals surface area contributed by atoms with Crippen LogP contribution in [0.4, 0.5) is 0 Å². The highest BCUT2D eigenvalue weighted by molar-refractivity contribution is 5.79. The Morgan fingerprint density at radius 2 is 2.16 bits per heavy atom. The smallest absolute Gasteiger partial charge is 0.193 e. The molecule has 1 aromatic rings. The number of guanidine groups is 1. The molecule has 1 saturated heterocycles. The minimum atomic E-state index is 0.548. The lowest BCUT2D eigenvalue weighted by Gasteiger charge is -2.28. The molecule has 0 saturated carbocycles. The molecule has 1 N–H and O–H groups in total. The summed E-state index contributed by atoms with van der Waals surface area (Å²) in [7, 11) is 7.36. The quantitative estimate of drug-likeness (QED) is 0.574. The number of rotatable bonds is 8. The van der Waals surface area contributed by atoms with Crippen molar-refractivity contribution in [2.75, 3.05) is 54.6 Å². The molecule has 1 fully saturated rings. The van der Waals surface area contributed by atoms with Gasteiger partial charge in [0.15, 0.2) is 5.96 Å². The predicted molar refractivity (Wildman–Crippen MR) is 102 cm³/mol. The minimum Gasteiger partial charge on any atom is -0.496 e. The van der Waals surface area contributed by atoms with Crippen LogP contribution in [0, 0.1) is 0 Å².